The predicted octanol–water partition coefficient (Wildman–Crippen LogP) is 6.54. The molecule has 0 radical (unpaired) electrons. The van der Waals surface area contributed by atoms with Crippen molar-refractivity contribution in [1.29, 1.82) is 0 Å². The smallest absolute Gasteiger partial charge is 0.253 e. The van der Waals surface area contributed by atoms with Crippen LogP contribution >= 0.6 is 15.9 Å². The fourth-order valence-electron chi connectivity index (χ4n) is 4.76. The molecule has 0 spiro atoms. The number of carbonyl (C=O) groups excluding carboxylic acids is 1. The lowest BCUT2D eigenvalue weighted by atomic mass is 9.76. The van der Waals surface area contributed by atoms with Crippen molar-refractivity contribution in [1.82, 2.24) is 4.90 Å². The normalized spacial score (nSPS) is 22.0. The van der Waals surface area contributed by atoms with Gasteiger partial charge < -0.3 is 10.2 Å². The zero-order chi connectivity index (χ0) is 20.4. The highest BCUT2D eigenvalue weighted by Gasteiger charge is 2.38. The fraction of sp³-hybridized carbons (Fsp3) is 0.400. The molecular formula is C25H29BrN2O. The predicted molar refractivity (Wildman–Crippen MR) is 123 cm³/mol. The van der Waals surface area contributed by atoms with Crippen LogP contribution in [0, 0.1) is 5.92 Å². The summed E-state index contributed by atoms with van der Waals surface area (Å²) in [5.74, 6) is 1.000. The van der Waals surface area contributed by atoms with Crippen molar-refractivity contribution in [2.24, 2.45) is 5.92 Å². The maximum atomic E-state index is 13.1. The van der Waals surface area contributed by atoms with E-state index < -0.39 is 0 Å². The Bertz CT molecular complexity index is 900. The van der Waals surface area contributed by atoms with E-state index in [4.69, 9.17) is 0 Å². The van der Waals surface area contributed by atoms with Gasteiger partial charge in [-0.25, -0.2) is 0 Å². The van der Waals surface area contributed by atoms with Gasteiger partial charge in [0.25, 0.3) is 5.91 Å². The van der Waals surface area contributed by atoms with Crippen LogP contribution in [0.2, 0.25) is 0 Å². The van der Waals surface area contributed by atoms with Crippen molar-refractivity contribution in [3.8, 4) is 0 Å². The third-order valence-corrected chi connectivity index (χ3v) is 6.64. The summed E-state index contributed by atoms with van der Waals surface area (Å²) in [6, 6.07) is 15.1. The number of hydrogen-bond acceptors (Lipinski definition) is 2. The summed E-state index contributed by atoms with van der Waals surface area (Å²) in [5, 5.41) is 3.77. The monoisotopic (exact) mass is 452 g/mol. The number of carbonyl (C=O) groups is 1. The van der Waals surface area contributed by atoms with Crippen molar-refractivity contribution >= 4 is 27.5 Å². The molecule has 4 rings (SSSR count). The Morgan fingerprint density at radius 1 is 1.10 bits per heavy atom. The molecule has 1 aliphatic carbocycles. The molecule has 1 heterocycles. The average molecular weight is 453 g/mol. The number of anilines is 1. The molecule has 152 valence electrons. The van der Waals surface area contributed by atoms with Crippen LogP contribution in [0.5, 0.6) is 0 Å². The molecular weight excluding hydrogens is 424 g/mol. The molecule has 0 saturated carbocycles. The van der Waals surface area contributed by atoms with Gasteiger partial charge in [-0.15, -0.1) is 0 Å². The zero-order valence-corrected chi connectivity index (χ0v) is 18.8. The topological polar surface area (TPSA) is 32.3 Å². The molecule has 1 aliphatic heterocycles. The number of allylic oxidation sites excluding steroid dienone is 2. The van der Waals surface area contributed by atoms with Gasteiger partial charge in [-0.3, -0.25) is 4.79 Å². The van der Waals surface area contributed by atoms with E-state index in [1.165, 1.54) is 11.1 Å². The second-order valence-corrected chi connectivity index (χ2v) is 9.04. The first-order valence-electron chi connectivity index (χ1n) is 10.7. The number of hydrogen-bond donors (Lipinski definition) is 1. The highest BCUT2D eigenvalue weighted by molar-refractivity contribution is 9.10. The van der Waals surface area contributed by atoms with Crippen molar-refractivity contribution in [2.45, 2.75) is 45.1 Å². The zero-order valence-electron chi connectivity index (χ0n) is 17.2. The highest BCUT2D eigenvalue weighted by Crippen LogP contribution is 2.50. The Morgan fingerprint density at radius 3 is 2.52 bits per heavy atom. The largest absolute Gasteiger partial charge is 0.378 e. The molecule has 1 N–H and O–H groups in total. The molecule has 3 atom stereocenters. The van der Waals surface area contributed by atoms with Crippen LogP contribution in [0.25, 0.3) is 0 Å². The Labute approximate surface area is 182 Å². The Hall–Kier alpha value is -2.07. The second-order valence-electron chi connectivity index (χ2n) is 8.12. The first kappa shape index (κ1) is 20.2. The summed E-state index contributed by atoms with van der Waals surface area (Å²) in [6.45, 7) is 5.89. The minimum Gasteiger partial charge on any atom is -0.378 e. The number of benzene rings is 2. The van der Waals surface area contributed by atoms with Crippen molar-refractivity contribution in [3.63, 3.8) is 0 Å². The maximum absolute atomic E-state index is 13.1. The van der Waals surface area contributed by atoms with E-state index in [0.29, 0.717) is 11.8 Å². The van der Waals surface area contributed by atoms with Crippen LogP contribution in [0.3, 0.4) is 0 Å². The Morgan fingerprint density at radius 2 is 1.83 bits per heavy atom. The van der Waals surface area contributed by atoms with Gasteiger partial charge in [0.2, 0.25) is 0 Å². The van der Waals surface area contributed by atoms with E-state index in [9.17, 15) is 4.79 Å². The summed E-state index contributed by atoms with van der Waals surface area (Å²) in [6.07, 6.45) is 7.67. The van der Waals surface area contributed by atoms with E-state index in [1.807, 2.05) is 11.0 Å². The first-order valence-corrected chi connectivity index (χ1v) is 11.5. The van der Waals surface area contributed by atoms with Gasteiger partial charge in [0.05, 0.1) is 6.04 Å². The third kappa shape index (κ3) is 4.00. The molecule has 0 aromatic heterocycles. The number of nitrogens with one attached hydrogen (secondary N) is 1. The van der Waals surface area contributed by atoms with Crippen LogP contribution in [-0.2, 0) is 0 Å². The van der Waals surface area contributed by atoms with Gasteiger partial charge in [-0.2, -0.15) is 0 Å². The Balaban J connectivity index is 1.65. The van der Waals surface area contributed by atoms with Gasteiger partial charge >= 0.3 is 0 Å². The summed E-state index contributed by atoms with van der Waals surface area (Å²) in [5.41, 5.74) is 4.54. The molecule has 0 fully saturated rings. The van der Waals surface area contributed by atoms with E-state index in [1.54, 1.807) is 0 Å². The maximum Gasteiger partial charge on any atom is 0.253 e. The molecule has 2 aromatic rings. The molecule has 29 heavy (non-hydrogen) atoms. The van der Waals surface area contributed by atoms with Crippen LogP contribution < -0.4 is 5.32 Å². The average Bonchev–Trinajstić information content (AvgIpc) is 3.23. The Kier molecular flexibility index (Phi) is 6.09. The van der Waals surface area contributed by atoms with Crippen molar-refractivity contribution in [3.05, 3.63) is 75.8 Å². The molecule has 0 bridgehead atoms. The van der Waals surface area contributed by atoms with Crippen molar-refractivity contribution < 1.29 is 4.79 Å². The molecule has 2 aliphatic rings. The second kappa shape index (κ2) is 8.74. The lowest BCUT2D eigenvalue weighted by molar-refractivity contribution is 0.0755. The molecule has 2 aromatic carbocycles. The number of fused-ring (bicyclic) bond motifs is 3. The van der Waals surface area contributed by atoms with Gasteiger partial charge in [-0.1, -0.05) is 54.1 Å². The van der Waals surface area contributed by atoms with Crippen LogP contribution in [-0.4, -0.2) is 23.9 Å². The van der Waals surface area contributed by atoms with Gasteiger partial charge in [0, 0.05) is 34.7 Å². The van der Waals surface area contributed by atoms with Crippen molar-refractivity contribution in [2.75, 3.05) is 18.4 Å². The number of nitrogens with zero attached hydrogens (tertiary/aromatic N) is 1. The minimum atomic E-state index is 0.157. The SMILES string of the molecule is CCCN(CCC)C(=O)c1ccc2c(c1)C1C=CCC1C(c1ccc(Br)cc1)N2. The summed E-state index contributed by atoms with van der Waals surface area (Å²) >= 11 is 3.54. The molecule has 0 saturated heterocycles. The fourth-order valence-corrected chi connectivity index (χ4v) is 5.03. The summed E-state index contributed by atoms with van der Waals surface area (Å²) in [4.78, 5) is 15.1. The molecule has 4 heteroatoms. The molecule has 3 unspecified atom stereocenters. The quantitative estimate of drug-likeness (QED) is 0.504. The van der Waals surface area contributed by atoms with E-state index in [2.05, 4.69) is 83.6 Å². The van der Waals surface area contributed by atoms with E-state index in [-0.39, 0.29) is 11.9 Å². The number of rotatable bonds is 6. The van der Waals surface area contributed by atoms with Gasteiger partial charge in [0.15, 0.2) is 0 Å². The molecule has 1 amide bonds. The van der Waals surface area contributed by atoms with Gasteiger partial charge in [0.1, 0.15) is 0 Å². The third-order valence-electron chi connectivity index (χ3n) is 6.11. The number of amides is 1. The minimum absolute atomic E-state index is 0.157. The number of halogens is 1. The summed E-state index contributed by atoms with van der Waals surface area (Å²) in [7, 11) is 0. The molecule has 3 nitrogen and oxygen atoms in total. The van der Waals surface area contributed by atoms with E-state index in [0.717, 1.165) is 48.1 Å². The highest BCUT2D eigenvalue weighted by atomic mass is 79.9. The van der Waals surface area contributed by atoms with Crippen LogP contribution in [0.1, 0.15) is 66.6 Å². The lowest BCUT2D eigenvalue weighted by Gasteiger charge is -2.38. The van der Waals surface area contributed by atoms with Crippen LogP contribution in [0.15, 0.2) is 59.1 Å². The van der Waals surface area contributed by atoms with Crippen LogP contribution in [0.4, 0.5) is 5.69 Å². The van der Waals surface area contributed by atoms with Gasteiger partial charge in [-0.05, 0) is 66.6 Å². The standard InChI is InChI=1S/C25H29BrN2O/c1-3-14-28(15-4-2)25(29)18-10-13-23-22(16-18)20-6-5-7-21(20)24(27-23)17-8-11-19(26)12-9-17/h5-6,8-13,16,20-21,24,27H,3-4,7,14-15H2,1-2H3. The lowest BCUT2D eigenvalue weighted by Crippen LogP contribution is -2.33. The summed E-state index contributed by atoms with van der Waals surface area (Å²) < 4.78 is 1.10. The first-order chi connectivity index (χ1) is 14.1. The van der Waals surface area contributed by atoms with E-state index >= 15 is 0 Å².